The molecular formula is C21H17N3O3S. The number of Topliss-reactive ketones (excluding diaryl/α,β-unsaturated/α-hetero) is 1. The lowest BCUT2D eigenvalue weighted by Gasteiger charge is -2.11. The minimum atomic E-state index is -3.89. The lowest BCUT2D eigenvalue weighted by Crippen LogP contribution is -2.14. The molecule has 1 aromatic carbocycles. The summed E-state index contributed by atoms with van der Waals surface area (Å²) >= 11 is 0. The van der Waals surface area contributed by atoms with Crippen molar-refractivity contribution >= 4 is 27.0 Å². The third kappa shape index (κ3) is 3.16. The summed E-state index contributed by atoms with van der Waals surface area (Å²) in [5, 5.41) is 0. The summed E-state index contributed by atoms with van der Waals surface area (Å²) in [5.41, 5.74) is 2.44. The molecule has 3 heterocycles. The Morgan fingerprint density at radius 1 is 1.00 bits per heavy atom. The average molecular weight is 391 g/mol. The highest BCUT2D eigenvalue weighted by Crippen LogP contribution is 2.32. The number of para-hydroxylation sites is 1. The van der Waals surface area contributed by atoms with Crippen LogP contribution in [-0.4, -0.2) is 23.6 Å². The lowest BCUT2D eigenvalue weighted by atomic mass is 10.1. The first-order chi connectivity index (χ1) is 13.5. The predicted molar refractivity (Wildman–Crippen MR) is 108 cm³/mol. The molecule has 0 saturated carbocycles. The summed E-state index contributed by atoms with van der Waals surface area (Å²) in [4.78, 5) is 16.6. The number of nitrogens with one attached hydrogen (secondary N) is 1. The molecule has 1 N–H and O–H groups in total. The van der Waals surface area contributed by atoms with E-state index < -0.39 is 10.0 Å². The molecule has 4 rings (SSSR count). The molecule has 0 fully saturated rings. The van der Waals surface area contributed by atoms with Gasteiger partial charge in [-0.25, -0.2) is 8.42 Å². The van der Waals surface area contributed by atoms with E-state index in [0.29, 0.717) is 28.2 Å². The van der Waals surface area contributed by atoms with Crippen LogP contribution in [0.15, 0.2) is 84.0 Å². The Morgan fingerprint density at radius 3 is 2.43 bits per heavy atom. The van der Waals surface area contributed by atoms with Gasteiger partial charge in [0.1, 0.15) is 4.90 Å². The van der Waals surface area contributed by atoms with Crippen LogP contribution in [0.3, 0.4) is 0 Å². The number of rotatable bonds is 5. The van der Waals surface area contributed by atoms with Gasteiger partial charge in [-0.15, -0.1) is 0 Å². The number of benzene rings is 1. The molecular weight excluding hydrogens is 374 g/mol. The molecule has 0 bridgehead atoms. The van der Waals surface area contributed by atoms with Gasteiger partial charge in [-0.1, -0.05) is 24.3 Å². The first-order valence-electron chi connectivity index (χ1n) is 8.61. The number of anilines is 1. The Bertz CT molecular complexity index is 1260. The Kier molecular flexibility index (Phi) is 4.44. The van der Waals surface area contributed by atoms with Crippen molar-refractivity contribution in [3.05, 3.63) is 84.8 Å². The summed E-state index contributed by atoms with van der Waals surface area (Å²) in [6.07, 6.45) is 3.31. The maximum atomic E-state index is 13.1. The molecule has 0 aliphatic heterocycles. The molecule has 0 saturated heterocycles. The highest BCUT2D eigenvalue weighted by molar-refractivity contribution is 7.93. The van der Waals surface area contributed by atoms with Gasteiger partial charge < -0.3 is 4.40 Å². The van der Waals surface area contributed by atoms with Gasteiger partial charge in [-0.05, 0) is 42.5 Å². The van der Waals surface area contributed by atoms with Crippen LogP contribution in [0.2, 0.25) is 0 Å². The van der Waals surface area contributed by atoms with Crippen LogP contribution in [0.25, 0.3) is 16.8 Å². The Labute approximate surface area is 162 Å². The van der Waals surface area contributed by atoms with Crippen LogP contribution in [-0.2, 0) is 10.0 Å². The smallest absolute Gasteiger partial charge is 0.264 e. The fourth-order valence-corrected chi connectivity index (χ4v) is 4.43. The Morgan fingerprint density at radius 2 is 1.75 bits per heavy atom. The van der Waals surface area contributed by atoms with Crippen LogP contribution >= 0.6 is 0 Å². The standard InChI is InChI=1S/C21H17N3O3S/c1-15(25)19-14-17(18-10-5-6-12-22-18)21-20(11-7-13-24(19)21)28(26,27)23-16-8-3-2-4-9-16/h2-14,23H,1H3. The van der Waals surface area contributed by atoms with E-state index in [9.17, 15) is 13.2 Å². The third-order valence-electron chi connectivity index (χ3n) is 4.37. The van der Waals surface area contributed by atoms with Gasteiger partial charge in [-0.3, -0.25) is 14.5 Å². The number of hydrogen-bond acceptors (Lipinski definition) is 4. The number of pyridine rings is 2. The minimum absolute atomic E-state index is 0.0759. The fraction of sp³-hybridized carbons (Fsp3) is 0.0476. The first kappa shape index (κ1) is 17.9. The molecule has 0 amide bonds. The number of ketones is 1. The third-order valence-corrected chi connectivity index (χ3v) is 5.78. The number of fused-ring (bicyclic) bond motifs is 1. The van der Waals surface area contributed by atoms with Gasteiger partial charge in [0.2, 0.25) is 0 Å². The second kappa shape index (κ2) is 6.94. The second-order valence-corrected chi connectivity index (χ2v) is 7.93. The molecule has 140 valence electrons. The lowest BCUT2D eigenvalue weighted by molar-refractivity contribution is 0.101. The highest BCUT2D eigenvalue weighted by atomic mass is 32.2. The van der Waals surface area contributed by atoms with Gasteiger partial charge >= 0.3 is 0 Å². The topological polar surface area (TPSA) is 80.5 Å². The molecule has 0 unspecified atom stereocenters. The van der Waals surface area contributed by atoms with E-state index in [1.54, 1.807) is 65.3 Å². The van der Waals surface area contributed by atoms with Crippen molar-refractivity contribution in [2.24, 2.45) is 0 Å². The van der Waals surface area contributed by atoms with Crippen molar-refractivity contribution in [2.75, 3.05) is 4.72 Å². The number of hydrogen-bond donors (Lipinski definition) is 1. The van der Waals surface area contributed by atoms with Crippen LogP contribution < -0.4 is 4.72 Å². The van der Waals surface area contributed by atoms with Gasteiger partial charge in [0.25, 0.3) is 10.0 Å². The molecule has 0 atom stereocenters. The molecule has 0 radical (unpaired) electrons. The molecule has 28 heavy (non-hydrogen) atoms. The van der Waals surface area contributed by atoms with Crippen molar-refractivity contribution in [3.8, 4) is 11.3 Å². The van der Waals surface area contributed by atoms with E-state index in [4.69, 9.17) is 0 Å². The predicted octanol–water partition coefficient (Wildman–Crippen LogP) is 4.00. The van der Waals surface area contributed by atoms with Crippen molar-refractivity contribution in [3.63, 3.8) is 0 Å². The summed E-state index contributed by atoms with van der Waals surface area (Å²) in [5.74, 6) is -0.164. The van der Waals surface area contributed by atoms with E-state index in [0.717, 1.165) is 0 Å². The van der Waals surface area contributed by atoms with Gasteiger partial charge in [-0.2, -0.15) is 0 Å². The molecule has 6 nitrogen and oxygen atoms in total. The summed E-state index contributed by atoms with van der Waals surface area (Å²) in [6, 6.07) is 18.9. The normalized spacial score (nSPS) is 11.5. The summed E-state index contributed by atoms with van der Waals surface area (Å²) in [7, 11) is -3.89. The van der Waals surface area contributed by atoms with Crippen molar-refractivity contribution in [1.29, 1.82) is 0 Å². The summed E-state index contributed by atoms with van der Waals surface area (Å²) < 4.78 is 30.5. The van der Waals surface area contributed by atoms with Crippen molar-refractivity contribution < 1.29 is 13.2 Å². The monoisotopic (exact) mass is 391 g/mol. The Balaban J connectivity index is 1.98. The minimum Gasteiger partial charge on any atom is -0.312 e. The number of nitrogens with zero attached hydrogens (tertiary/aromatic N) is 2. The number of aromatic nitrogens is 2. The fourth-order valence-electron chi connectivity index (χ4n) is 3.15. The average Bonchev–Trinajstić information content (AvgIpc) is 3.09. The molecule has 0 spiro atoms. The van der Waals surface area contributed by atoms with Crippen LogP contribution in [0.1, 0.15) is 17.4 Å². The van der Waals surface area contributed by atoms with Gasteiger partial charge in [0, 0.05) is 30.6 Å². The van der Waals surface area contributed by atoms with Crippen molar-refractivity contribution in [2.45, 2.75) is 11.8 Å². The molecule has 3 aromatic heterocycles. The molecule has 0 aliphatic carbocycles. The number of carbonyl (C=O) groups excluding carboxylic acids is 1. The van der Waals surface area contributed by atoms with E-state index in [1.807, 2.05) is 12.1 Å². The molecule has 7 heteroatoms. The zero-order valence-electron chi connectivity index (χ0n) is 15.0. The maximum absolute atomic E-state index is 13.1. The number of sulfonamides is 1. The maximum Gasteiger partial charge on any atom is 0.264 e. The van der Waals surface area contributed by atoms with E-state index in [2.05, 4.69) is 9.71 Å². The zero-order valence-corrected chi connectivity index (χ0v) is 15.8. The SMILES string of the molecule is CC(=O)c1cc(-c2ccccn2)c2c(S(=O)(=O)Nc3ccccc3)cccn12. The first-order valence-corrected chi connectivity index (χ1v) is 10.1. The Hall–Kier alpha value is -3.45. The highest BCUT2D eigenvalue weighted by Gasteiger charge is 2.24. The number of carbonyl (C=O) groups is 1. The molecule has 0 aliphatic rings. The summed E-state index contributed by atoms with van der Waals surface area (Å²) in [6.45, 7) is 1.45. The zero-order chi connectivity index (χ0) is 19.7. The van der Waals surface area contributed by atoms with Crippen LogP contribution in [0.5, 0.6) is 0 Å². The van der Waals surface area contributed by atoms with E-state index in [-0.39, 0.29) is 10.7 Å². The van der Waals surface area contributed by atoms with Gasteiger partial charge in [0.15, 0.2) is 5.78 Å². The van der Waals surface area contributed by atoms with E-state index in [1.165, 1.54) is 13.0 Å². The van der Waals surface area contributed by atoms with E-state index >= 15 is 0 Å². The largest absolute Gasteiger partial charge is 0.312 e. The molecule has 4 aromatic rings. The van der Waals surface area contributed by atoms with Crippen LogP contribution in [0, 0.1) is 0 Å². The quantitative estimate of drug-likeness (QED) is 0.521. The van der Waals surface area contributed by atoms with Crippen LogP contribution in [0.4, 0.5) is 5.69 Å². The van der Waals surface area contributed by atoms with Crippen molar-refractivity contribution in [1.82, 2.24) is 9.38 Å². The second-order valence-electron chi connectivity index (χ2n) is 6.28. The van der Waals surface area contributed by atoms with Gasteiger partial charge in [0.05, 0.1) is 16.9 Å².